The molecular formula is C18H26O2. The smallest absolute Gasteiger partial charge is 0.159 e. The van der Waals surface area contributed by atoms with Crippen LogP contribution in [-0.4, -0.2) is 12.4 Å². The van der Waals surface area contributed by atoms with E-state index in [2.05, 4.69) is 25.7 Å². The third kappa shape index (κ3) is 6.55. The van der Waals surface area contributed by atoms with Crippen molar-refractivity contribution in [2.45, 2.75) is 52.4 Å². The van der Waals surface area contributed by atoms with Gasteiger partial charge < -0.3 is 4.74 Å². The molecule has 2 heteroatoms. The zero-order valence-corrected chi connectivity index (χ0v) is 12.8. The number of hydrogen-bond acceptors (Lipinski definition) is 2. The van der Waals surface area contributed by atoms with Crippen LogP contribution in [0.3, 0.4) is 0 Å². The van der Waals surface area contributed by atoms with Crippen LogP contribution in [0.1, 0.15) is 52.4 Å². The molecule has 0 fully saturated rings. The van der Waals surface area contributed by atoms with E-state index >= 15 is 0 Å². The van der Waals surface area contributed by atoms with Gasteiger partial charge in [0.2, 0.25) is 0 Å². The fourth-order valence-electron chi connectivity index (χ4n) is 2.18. The summed E-state index contributed by atoms with van der Waals surface area (Å²) >= 11 is 0. The van der Waals surface area contributed by atoms with Crippen molar-refractivity contribution >= 4 is 5.78 Å². The number of carbonyl (C=O) groups is 1. The third-order valence-corrected chi connectivity index (χ3v) is 3.33. The molecule has 0 N–H and O–H groups in total. The predicted molar refractivity (Wildman–Crippen MR) is 84.5 cm³/mol. The summed E-state index contributed by atoms with van der Waals surface area (Å²) in [7, 11) is 0. The third-order valence-electron chi connectivity index (χ3n) is 3.33. The molecule has 0 radical (unpaired) electrons. The Morgan fingerprint density at radius 1 is 1.20 bits per heavy atom. The van der Waals surface area contributed by atoms with Gasteiger partial charge in [-0.05, 0) is 63.2 Å². The van der Waals surface area contributed by atoms with Crippen LogP contribution in [-0.2, 0) is 9.53 Å². The van der Waals surface area contributed by atoms with E-state index in [4.69, 9.17) is 4.74 Å². The summed E-state index contributed by atoms with van der Waals surface area (Å²) < 4.78 is 5.27. The molecule has 0 aromatic carbocycles. The van der Waals surface area contributed by atoms with E-state index in [-0.39, 0.29) is 0 Å². The molecule has 0 aromatic rings. The van der Waals surface area contributed by atoms with Crippen LogP contribution in [0.5, 0.6) is 0 Å². The molecule has 1 aliphatic rings. The van der Waals surface area contributed by atoms with Gasteiger partial charge in [-0.15, -0.1) is 0 Å². The molecule has 2 nitrogen and oxygen atoms in total. The average Bonchev–Trinajstić information content (AvgIpc) is 2.71. The van der Waals surface area contributed by atoms with Gasteiger partial charge in [-0.25, -0.2) is 0 Å². The van der Waals surface area contributed by atoms with Gasteiger partial charge in [-0.1, -0.05) is 24.3 Å². The molecule has 0 amide bonds. The van der Waals surface area contributed by atoms with Gasteiger partial charge in [-0.2, -0.15) is 0 Å². The fraction of sp³-hybridized carbons (Fsp3) is 0.500. The number of carbonyl (C=O) groups excluding carboxylic acids is 1. The van der Waals surface area contributed by atoms with Crippen molar-refractivity contribution in [3.05, 3.63) is 47.8 Å². The highest BCUT2D eigenvalue weighted by Gasteiger charge is 2.18. The Hall–Kier alpha value is -1.57. The zero-order valence-electron chi connectivity index (χ0n) is 12.8. The SMILES string of the molecule is C=C(C)CO/C=C/CC/C=C/CCC1=C(C)CCC1=O. The maximum atomic E-state index is 11.6. The van der Waals surface area contributed by atoms with Crippen molar-refractivity contribution in [2.75, 3.05) is 6.61 Å². The number of unbranched alkanes of at least 4 members (excludes halogenated alkanes) is 1. The predicted octanol–water partition coefficient (Wildman–Crippen LogP) is 4.89. The highest BCUT2D eigenvalue weighted by atomic mass is 16.5. The molecule has 0 saturated carbocycles. The van der Waals surface area contributed by atoms with Gasteiger partial charge >= 0.3 is 0 Å². The lowest BCUT2D eigenvalue weighted by Gasteiger charge is -1.99. The molecule has 0 heterocycles. The van der Waals surface area contributed by atoms with E-state index in [1.165, 1.54) is 5.57 Å². The Morgan fingerprint density at radius 3 is 2.55 bits per heavy atom. The minimum Gasteiger partial charge on any atom is -0.497 e. The summed E-state index contributed by atoms with van der Waals surface area (Å²) in [5, 5.41) is 0. The number of rotatable bonds is 9. The topological polar surface area (TPSA) is 26.3 Å². The molecular weight excluding hydrogens is 248 g/mol. The Kier molecular flexibility index (Phi) is 7.71. The summed E-state index contributed by atoms with van der Waals surface area (Å²) in [5.41, 5.74) is 3.39. The number of ketones is 1. The molecule has 0 unspecified atom stereocenters. The van der Waals surface area contributed by atoms with Crippen molar-refractivity contribution in [1.82, 2.24) is 0 Å². The van der Waals surface area contributed by atoms with Crippen LogP contribution < -0.4 is 0 Å². The number of Topliss-reactive ketones (excluding diaryl/α,β-unsaturated/α-hetero) is 1. The first kappa shape index (κ1) is 16.5. The molecule has 0 aliphatic heterocycles. The first-order chi connectivity index (χ1) is 9.61. The van der Waals surface area contributed by atoms with Crippen molar-refractivity contribution in [2.24, 2.45) is 0 Å². The molecule has 20 heavy (non-hydrogen) atoms. The van der Waals surface area contributed by atoms with Crippen molar-refractivity contribution < 1.29 is 9.53 Å². The molecule has 0 aromatic heterocycles. The summed E-state index contributed by atoms with van der Waals surface area (Å²) in [5.74, 6) is 0.355. The first-order valence-electron chi connectivity index (χ1n) is 7.39. The molecule has 110 valence electrons. The highest BCUT2D eigenvalue weighted by Crippen LogP contribution is 2.25. The number of ether oxygens (including phenoxy) is 1. The Labute approximate surface area is 122 Å². The molecule has 0 saturated heterocycles. The number of hydrogen-bond donors (Lipinski definition) is 0. The van der Waals surface area contributed by atoms with Gasteiger partial charge in [-0.3, -0.25) is 4.79 Å². The van der Waals surface area contributed by atoms with Crippen LogP contribution in [0.25, 0.3) is 0 Å². The van der Waals surface area contributed by atoms with Gasteiger partial charge in [0.1, 0.15) is 6.61 Å². The first-order valence-corrected chi connectivity index (χ1v) is 7.39. The van der Waals surface area contributed by atoms with Crippen LogP contribution in [0.4, 0.5) is 0 Å². The van der Waals surface area contributed by atoms with Crippen LogP contribution in [0.15, 0.2) is 47.8 Å². The van der Waals surface area contributed by atoms with Crippen molar-refractivity contribution in [3.63, 3.8) is 0 Å². The van der Waals surface area contributed by atoms with E-state index in [1.807, 2.05) is 13.0 Å². The second-order valence-corrected chi connectivity index (χ2v) is 5.41. The second-order valence-electron chi connectivity index (χ2n) is 5.41. The van der Waals surface area contributed by atoms with E-state index < -0.39 is 0 Å². The molecule has 1 rings (SSSR count). The lowest BCUT2D eigenvalue weighted by atomic mass is 10.1. The van der Waals surface area contributed by atoms with Crippen LogP contribution in [0.2, 0.25) is 0 Å². The molecule has 0 spiro atoms. The summed E-state index contributed by atoms with van der Waals surface area (Å²) in [6.45, 7) is 8.39. The second kappa shape index (κ2) is 9.35. The maximum absolute atomic E-state index is 11.6. The van der Waals surface area contributed by atoms with Gasteiger partial charge in [0.15, 0.2) is 5.78 Å². The average molecular weight is 274 g/mol. The van der Waals surface area contributed by atoms with Gasteiger partial charge in [0, 0.05) is 6.42 Å². The van der Waals surface area contributed by atoms with Crippen LogP contribution >= 0.6 is 0 Å². The zero-order chi connectivity index (χ0) is 14.8. The fourth-order valence-corrected chi connectivity index (χ4v) is 2.18. The Morgan fingerprint density at radius 2 is 1.90 bits per heavy atom. The summed E-state index contributed by atoms with van der Waals surface area (Å²) in [4.78, 5) is 11.6. The molecule has 0 atom stereocenters. The summed E-state index contributed by atoms with van der Waals surface area (Å²) in [6.07, 6.45) is 13.7. The standard InChI is InChI=1S/C18H26O2/c1-15(2)14-20-13-9-7-5-4-6-8-10-17-16(3)11-12-18(17)19/h4,6,9,13H,1,5,7-8,10-12,14H2,2-3H3/b6-4+,13-9+. The summed E-state index contributed by atoms with van der Waals surface area (Å²) in [6, 6.07) is 0. The minimum absolute atomic E-state index is 0.355. The lowest BCUT2D eigenvalue weighted by Crippen LogP contribution is -1.95. The molecule has 0 bridgehead atoms. The minimum atomic E-state index is 0.355. The normalized spacial score (nSPS) is 15.8. The maximum Gasteiger partial charge on any atom is 0.159 e. The van der Waals surface area contributed by atoms with Crippen LogP contribution in [0, 0.1) is 0 Å². The quantitative estimate of drug-likeness (QED) is 0.340. The van der Waals surface area contributed by atoms with E-state index in [0.29, 0.717) is 12.4 Å². The van der Waals surface area contributed by atoms with Gasteiger partial charge in [0.25, 0.3) is 0 Å². The number of allylic oxidation sites excluding steroid dienone is 5. The van der Waals surface area contributed by atoms with Gasteiger partial charge in [0.05, 0.1) is 6.26 Å². The highest BCUT2D eigenvalue weighted by molar-refractivity contribution is 5.98. The van der Waals surface area contributed by atoms with Crippen molar-refractivity contribution in [3.8, 4) is 0 Å². The van der Waals surface area contributed by atoms with E-state index in [0.717, 1.165) is 49.7 Å². The van der Waals surface area contributed by atoms with E-state index in [9.17, 15) is 4.79 Å². The Balaban J connectivity index is 2.07. The molecule has 1 aliphatic carbocycles. The Bertz CT molecular complexity index is 425. The van der Waals surface area contributed by atoms with Crippen molar-refractivity contribution in [1.29, 1.82) is 0 Å². The largest absolute Gasteiger partial charge is 0.497 e. The monoisotopic (exact) mass is 274 g/mol. The van der Waals surface area contributed by atoms with E-state index in [1.54, 1.807) is 6.26 Å². The lowest BCUT2D eigenvalue weighted by molar-refractivity contribution is -0.115.